The molecule has 0 radical (unpaired) electrons. The van der Waals surface area contributed by atoms with E-state index in [2.05, 4.69) is 17.8 Å². The van der Waals surface area contributed by atoms with Gasteiger partial charge in [-0.2, -0.15) is 0 Å². The first-order chi connectivity index (χ1) is 10.5. The molecule has 2 aromatic heterocycles. The van der Waals surface area contributed by atoms with Crippen molar-refractivity contribution in [1.29, 1.82) is 0 Å². The molecule has 0 saturated heterocycles. The lowest BCUT2D eigenvalue weighted by molar-refractivity contribution is -0.117. The van der Waals surface area contributed by atoms with Crippen LogP contribution in [0, 0.1) is 13.8 Å². The third-order valence-corrected chi connectivity index (χ3v) is 5.52. The molecule has 2 aromatic rings. The van der Waals surface area contributed by atoms with Gasteiger partial charge in [-0.1, -0.05) is 6.92 Å². The summed E-state index contributed by atoms with van der Waals surface area (Å²) in [5, 5.41) is 1.97. The Morgan fingerprint density at radius 1 is 1.23 bits per heavy atom. The molecule has 0 unspecified atom stereocenters. The molecule has 6 heteroatoms. The fourth-order valence-corrected chi connectivity index (χ4v) is 3.74. The molecule has 0 aliphatic rings. The largest absolute Gasteiger partial charge is 0.279 e. The molecular formula is C16H18N2O2S2. The van der Waals surface area contributed by atoms with E-state index in [1.807, 2.05) is 31.4 Å². The van der Waals surface area contributed by atoms with Crippen LogP contribution in [0.25, 0.3) is 6.08 Å². The van der Waals surface area contributed by atoms with Crippen LogP contribution < -0.4 is 10.9 Å². The van der Waals surface area contributed by atoms with Crippen LogP contribution in [0.5, 0.6) is 0 Å². The first-order valence-electron chi connectivity index (χ1n) is 6.93. The Hall–Kier alpha value is -1.92. The Kier molecular flexibility index (Phi) is 5.51. The molecule has 0 spiro atoms. The molecule has 2 heterocycles. The minimum Gasteiger partial charge on any atom is -0.268 e. The maximum Gasteiger partial charge on any atom is 0.279 e. The molecule has 22 heavy (non-hydrogen) atoms. The van der Waals surface area contributed by atoms with E-state index in [1.54, 1.807) is 17.4 Å². The number of thiophene rings is 2. The Morgan fingerprint density at radius 3 is 2.59 bits per heavy atom. The van der Waals surface area contributed by atoms with E-state index in [4.69, 9.17) is 0 Å². The fraction of sp³-hybridized carbons (Fsp3) is 0.250. The van der Waals surface area contributed by atoms with E-state index < -0.39 is 0 Å². The lowest BCUT2D eigenvalue weighted by atomic mass is 10.2. The summed E-state index contributed by atoms with van der Waals surface area (Å²) in [6.45, 7) is 6.02. The van der Waals surface area contributed by atoms with Crippen molar-refractivity contribution in [3.8, 4) is 0 Å². The van der Waals surface area contributed by atoms with Gasteiger partial charge in [-0.15, -0.1) is 22.7 Å². The highest BCUT2D eigenvalue weighted by Gasteiger charge is 2.11. The number of hydrogen-bond donors (Lipinski definition) is 2. The van der Waals surface area contributed by atoms with Gasteiger partial charge in [0.25, 0.3) is 11.8 Å². The first-order valence-corrected chi connectivity index (χ1v) is 8.62. The van der Waals surface area contributed by atoms with Gasteiger partial charge in [-0.05, 0) is 55.0 Å². The minimum absolute atomic E-state index is 0.290. The van der Waals surface area contributed by atoms with Gasteiger partial charge in [0.1, 0.15) is 0 Å². The second-order valence-electron chi connectivity index (χ2n) is 4.81. The number of aryl methyl sites for hydroxylation is 3. The van der Waals surface area contributed by atoms with E-state index in [9.17, 15) is 9.59 Å². The number of hydrogen-bond acceptors (Lipinski definition) is 4. The first kappa shape index (κ1) is 16.5. The summed E-state index contributed by atoms with van der Waals surface area (Å²) in [7, 11) is 0. The molecule has 2 rings (SSSR count). The van der Waals surface area contributed by atoms with Crippen molar-refractivity contribution in [3.63, 3.8) is 0 Å². The molecular weight excluding hydrogens is 316 g/mol. The summed E-state index contributed by atoms with van der Waals surface area (Å²) in [6.07, 6.45) is 4.06. The van der Waals surface area contributed by atoms with Crippen molar-refractivity contribution in [2.75, 3.05) is 0 Å². The van der Waals surface area contributed by atoms with E-state index in [-0.39, 0.29) is 11.8 Å². The molecule has 0 aliphatic carbocycles. The topological polar surface area (TPSA) is 58.2 Å². The lowest BCUT2D eigenvalue weighted by Gasteiger charge is -2.03. The smallest absolute Gasteiger partial charge is 0.268 e. The SMILES string of the molecule is CCc1sc(C(=O)NNC(=O)/C=C/c2sccc2C)cc1C. The van der Waals surface area contributed by atoms with Gasteiger partial charge in [-0.25, -0.2) is 0 Å². The summed E-state index contributed by atoms with van der Waals surface area (Å²) in [4.78, 5) is 26.5. The Balaban J connectivity index is 1.89. The highest BCUT2D eigenvalue weighted by atomic mass is 32.1. The predicted octanol–water partition coefficient (Wildman–Crippen LogP) is 3.46. The maximum atomic E-state index is 12.0. The summed E-state index contributed by atoms with van der Waals surface area (Å²) in [5.41, 5.74) is 7.06. The van der Waals surface area contributed by atoms with Crippen molar-refractivity contribution < 1.29 is 9.59 Å². The van der Waals surface area contributed by atoms with Crippen molar-refractivity contribution in [1.82, 2.24) is 10.9 Å². The van der Waals surface area contributed by atoms with Crippen LogP contribution in [-0.2, 0) is 11.2 Å². The van der Waals surface area contributed by atoms with Crippen molar-refractivity contribution in [3.05, 3.63) is 49.3 Å². The number of nitrogens with one attached hydrogen (secondary N) is 2. The van der Waals surface area contributed by atoms with Crippen molar-refractivity contribution in [2.45, 2.75) is 27.2 Å². The van der Waals surface area contributed by atoms with Gasteiger partial charge in [-0.3, -0.25) is 20.4 Å². The highest BCUT2D eigenvalue weighted by Crippen LogP contribution is 2.22. The van der Waals surface area contributed by atoms with Gasteiger partial charge in [0, 0.05) is 15.8 Å². The molecule has 116 valence electrons. The van der Waals surface area contributed by atoms with E-state index in [0.717, 1.165) is 22.4 Å². The summed E-state index contributed by atoms with van der Waals surface area (Å²) in [6, 6.07) is 3.84. The van der Waals surface area contributed by atoms with Crippen LogP contribution in [0.3, 0.4) is 0 Å². The zero-order valence-electron chi connectivity index (χ0n) is 12.7. The van der Waals surface area contributed by atoms with Crippen LogP contribution in [0.4, 0.5) is 0 Å². The standard InChI is InChI=1S/C16H18N2O2S2/c1-4-12-11(3)9-14(22-12)16(20)18-17-15(19)6-5-13-10(2)7-8-21-13/h5-9H,4H2,1-3H3,(H,17,19)(H,18,20)/b6-5+. The fourth-order valence-electron chi connectivity index (χ4n) is 1.91. The van der Waals surface area contributed by atoms with Gasteiger partial charge in [0.15, 0.2) is 0 Å². The third kappa shape index (κ3) is 4.05. The summed E-state index contributed by atoms with van der Waals surface area (Å²) >= 11 is 3.02. The quantitative estimate of drug-likeness (QED) is 0.664. The van der Waals surface area contributed by atoms with Crippen LogP contribution in [0.2, 0.25) is 0 Å². The molecule has 2 amide bonds. The van der Waals surface area contributed by atoms with Crippen LogP contribution in [0.15, 0.2) is 23.6 Å². The number of rotatable bonds is 4. The van der Waals surface area contributed by atoms with Crippen LogP contribution in [-0.4, -0.2) is 11.8 Å². The number of amides is 2. The molecule has 0 aliphatic heterocycles. The highest BCUT2D eigenvalue weighted by molar-refractivity contribution is 7.14. The van der Waals surface area contributed by atoms with Crippen molar-refractivity contribution in [2.24, 2.45) is 0 Å². The molecule has 2 N–H and O–H groups in total. The van der Waals surface area contributed by atoms with Gasteiger partial charge in [0.2, 0.25) is 0 Å². The minimum atomic E-state index is -0.356. The van der Waals surface area contributed by atoms with Crippen LogP contribution >= 0.6 is 22.7 Å². The molecule has 0 saturated carbocycles. The maximum absolute atomic E-state index is 12.0. The van der Waals surface area contributed by atoms with Crippen molar-refractivity contribution >= 4 is 40.6 Å². The molecule has 0 fully saturated rings. The second kappa shape index (κ2) is 7.38. The average molecular weight is 334 g/mol. The second-order valence-corrected chi connectivity index (χ2v) is 6.90. The third-order valence-electron chi connectivity index (χ3n) is 3.15. The zero-order chi connectivity index (χ0) is 16.1. The molecule has 4 nitrogen and oxygen atoms in total. The Morgan fingerprint density at radius 2 is 2.00 bits per heavy atom. The van der Waals surface area contributed by atoms with E-state index in [1.165, 1.54) is 22.3 Å². The Bertz CT molecular complexity index is 714. The lowest BCUT2D eigenvalue weighted by Crippen LogP contribution is -2.40. The van der Waals surface area contributed by atoms with Gasteiger partial charge < -0.3 is 0 Å². The molecule has 0 aromatic carbocycles. The molecule has 0 atom stereocenters. The van der Waals surface area contributed by atoms with Gasteiger partial charge >= 0.3 is 0 Å². The Labute approximate surface area is 137 Å². The number of hydrazine groups is 1. The summed E-state index contributed by atoms with van der Waals surface area (Å²) in [5.74, 6) is -0.646. The number of carbonyl (C=O) groups excluding carboxylic acids is 2. The monoisotopic (exact) mass is 334 g/mol. The van der Waals surface area contributed by atoms with E-state index >= 15 is 0 Å². The number of carbonyl (C=O) groups is 2. The zero-order valence-corrected chi connectivity index (χ0v) is 14.4. The molecule has 0 bridgehead atoms. The van der Waals surface area contributed by atoms with E-state index in [0.29, 0.717) is 4.88 Å². The predicted molar refractivity (Wildman–Crippen MR) is 92.1 cm³/mol. The van der Waals surface area contributed by atoms with Gasteiger partial charge in [0.05, 0.1) is 4.88 Å². The normalized spacial score (nSPS) is 10.9. The average Bonchev–Trinajstić information content (AvgIpc) is 3.08. The van der Waals surface area contributed by atoms with Crippen LogP contribution in [0.1, 0.15) is 37.5 Å². The summed E-state index contributed by atoms with van der Waals surface area (Å²) < 4.78 is 0.